The van der Waals surface area contributed by atoms with Gasteiger partial charge in [-0.05, 0) is 40.4 Å². The Hall–Kier alpha value is -1.47. The summed E-state index contributed by atoms with van der Waals surface area (Å²) in [5, 5.41) is 11.0. The van der Waals surface area contributed by atoms with Gasteiger partial charge in [0.2, 0.25) is 5.91 Å². The number of amides is 1. The molecule has 0 saturated heterocycles. The maximum absolute atomic E-state index is 11.3. The van der Waals surface area contributed by atoms with E-state index in [1.807, 2.05) is 11.0 Å². The van der Waals surface area contributed by atoms with Crippen LogP contribution in [0, 0.1) is 10.1 Å². The molecule has 1 fully saturated rings. The van der Waals surface area contributed by atoms with Crippen LogP contribution in [-0.2, 0) is 11.3 Å². The topological polar surface area (TPSA) is 89.5 Å². The Labute approximate surface area is 131 Å². The van der Waals surface area contributed by atoms with Crippen LogP contribution in [0.1, 0.15) is 31.2 Å². The summed E-state index contributed by atoms with van der Waals surface area (Å²) in [5.41, 5.74) is 6.18. The Morgan fingerprint density at radius 1 is 1.43 bits per heavy atom. The Bertz CT molecular complexity index is 544. The van der Waals surface area contributed by atoms with Crippen LogP contribution in [0.2, 0.25) is 0 Å². The van der Waals surface area contributed by atoms with Gasteiger partial charge in [0.25, 0.3) is 5.69 Å². The van der Waals surface area contributed by atoms with Crippen molar-refractivity contribution in [2.24, 2.45) is 5.73 Å². The molecule has 0 heterocycles. The second-order valence-electron chi connectivity index (χ2n) is 5.35. The molecule has 114 valence electrons. The predicted molar refractivity (Wildman–Crippen MR) is 82.7 cm³/mol. The zero-order chi connectivity index (χ0) is 15.4. The fourth-order valence-corrected chi connectivity index (χ4v) is 3.21. The highest BCUT2D eigenvalue weighted by molar-refractivity contribution is 9.10. The van der Waals surface area contributed by atoms with Gasteiger partial charge in [0, 0.05) is 18.7 Å². The monoisotopic (exact) mass is 355 g/mol. The van der Waals surface area contributed by atoms with Gasteiger partial charge in [-0.3, -0.25) is 19.8 Å². The van der Waals surface area contributed by atoms with Crippen molar-refractivity contribution >= 4 is 27.5 Å². The van der Waals surface area contributed by atoms with E-state index in [9.17, 15) is 14.9 Å². The number of nitrogens with two attached hydrogens (primary N) is 1. The molecule has 1 amide bonds. The van der Waals surface area contributed by atoms with Crippen LogP contribution in [0.5, 0.6) is 0 Å². The Morgan fingerprint density at radius 2 is 2.10 bits per heavy atom. The van der Waals surface area contributed by atoms with Crippen molar-refractivity contribution in [1.29, 1.82) is 0 Å². The number of primary amides is 1. The molecule has 1 aromatic carbocycles. The van der Waals surface area contributed by atoms with Crippen LogP contribution in [0.25, 0.3) is 0 Å². The first-order valence-corrected chi connectivity index (χ1v) is 7.72. The summed E-state index contributed by atoms with van der Waals surface area (Å²) >= 11 is 3.17. The average molecular weight is 356 g/mol. The maximum Gasteiger partial charge on any atom is 0.283 e. The molecule has 0 atom stereocenters. The van der Waals surface area contributed by atoms with Gasteiger partial charge >= 0.3 is 0 Å². The van der Waals surface area contributed by atoms with Crippen LogP contribution >= 0.6 is 15.9 Å². The maximum atomic E-state index is 11.3. The second-order valence-corrected chi connectivity index (χ2v) is 6.21. The largest absolute Gasteiger partial charge is 0.369 e. The van der Waals surface area contributed by atoms with Gasteiger partial charge < -0.3 is 5.73 Å². The lowest BCUT2D eigenvalue weighted by Crippen LogP contribution is -2.39. The summed E-state index contributed by atoms with van der Waals surface area (Å²) in [6.45, 7) is 0.691. The highest BCUT2D eigenvalue weighted by atomic mass is 79.9. The van der Waals surface area contributed by atoms with Gasteiger partial charge in [0.15, 0.2) is 0 Å². The first-order chi connectivity index (χ1) is 9.97. The van der Waals surface area contributed by atoms with E-state index in [2.05, 4.69) is 15.9 Å². The van der Waals surface area contributed by atoms with Crippen molar-refractivity contribution in [1.82, 2.24) is 4.90 Å². The van der Waals surface area contributed by atoms with Crippen LogP contribution < -0.4 is 5.73 Å². The molecular formula is C14H18BrN3O3. The molecule has 1 aliphatic carbocycles. The van der Waals surface area contributed by atoms with E-state index >= 15 is 0 Å². The quantitative estimate of drug-likeness (QED) is 0.627. The third kappa shape index (κ3) is 4.25. The van der Waals surface area contributed by atoms with Gasteiger partial charge in [0.05, 0.1) is 15.9 Å². The second kappa shape index (κ2) is 7.00. The van der Waals surface area contributed by atoms with Crippen LogP contribution in [0.4, 0.5) is 5.69 Å². The summed E-state index contributed by atoms with van der Waals surface area (Å²) in [5.74, 6) is -0.367. The highest BCUT2D eigenvalue weighted by Crippen LogP contribution is 2.28. The number of hydrogen-bond donors (Lipinski definition) is 1. The molecule has 1 aliphatic rings. The third-order valence-electron chi connectivity index (χ3n) is 3.79. The van der Waals surface area contributed by atoms with E-state index in [-0.39, 0.29) is 18.1 Å². The molecule has 0 bridgehead atoms. The molecule has 21 heavy (non-hydrogen) atoms. The number of carbonyl (C=O) groups excluding carboxylic acids is 1. The van der Waals surface area contributed by atoms with Crippen molar-refractivity contribution in [2.75, 3.05) is 6.54 Å². The van der Waals surface area contributed by atoms with E-state index in [1.54, 1.807) is 12.1 Å². The van der Waals surface area contributed by atoms with Crippen molar-refractivity contribution < 1.29 is 9.72 Å². The number of nitrogens with zero attached hydrogens (tertiary/aromatic N) is 2. The van der Waals surface area contributed by atoms with E-state index in [4.69, 9.17) is 5.73 Å². The zero-order valence-corrected chi connectivity index (χ0v) is 13.2. The normalized spacial score (nSPS) is 15.5. The number of benzene rings is 1. The van der Waals surface area contributed by atoms with Crippen molar-refractivity contribution in [3.63, 3.8) is 0 Å². The van der Waals surface area contributed by atoms with Crippen molar-refractivity contribution in [2.45, 2.75) is 38.3 Å². The summed E-state index contributed by atoms with van der Waals surface area (Å²) in [6, 6.07) is 5.39. The van der Waals surface area contributed by atoms with Gasteiger partial charge in [-0.2, -0.15) is 0 Å². The molecule has 2 rings (SSSR count). The summed E-state index contributed by atoms with van der Waals surface area (Å²) < 4.78 is 0.457. The number of hydrogen-bond acceptors (Lipinski definition) is 4. The fourth-order valence-electron chi connectivity index (χ4n) is 2.81. The molecular weight excluding hydrogens is 338 g/mol. The molecule has 2 N–H and O–H groups in total. The van der Waals surface area contributed by atoms with Crippen molar-refractivity contribution in [3.05, 3.63) is 38.3 Å². The Balaban J connectivity index is 2.17. The van der Waals surface area contributed by atoms with Crippen LogP contribution in [-0.4, -0.2) is 28.3 Å². The predicted octanol–water partition coefficient (Wildman–Crippen LogP) is 2.59. The van der Waals surface area contributed by atoms with E-state index in [1.165, 1.54) is 0 Å². The molecule has 6 nitrogen and oxygen atoms in total. The van der Waals surface area contributed by atoms with Crippen LogP contribution in [0.3, 0.4) is 0 Å². The number of carbonyl (C=O) groups is 1. The molecule has 0 aromatic heterocycles. The van der Waals surface area contributed by atoms with Crippen LogP contribution in [0.15, 0.2) is 22.7 Å². The summed E-state index contributed by atoms with van der Waals surface area (Å²) in [7, 11) is 0. The molecule has 0 aliphatic heterocycles. The summed E-state index contributed by atoms with van der Waals surface area (Å²) in [4.78, 5) is 23.8. The third-order valence-corrected chi connectivity index (χ3v) is 4.46. The fraction of sp³-hybridized carbons (Fsp3) is 0.500. The van der Waals surface area contributed by atoms with Gasteiger partial charge in [-0.15, -0.1) is 0 Å². The number of nitro groups is 1. The molecule has 0 spiro atoms. The first-order valence-electron chi connectivity index (χ1n) is 6.92. The van der Waals surface area contributed by atoms with E-state index in [0.717, 1.165) is 31.2 Å². The van der Waals surface area contributed by atoms with E-state index < -0.39 is 4.92 Å². The standard InChI is InChI=1S/C14H18BrN3O3/c15-12-6-5-10(7-13(12)18(20)21)8-17(9-14(16)19)11-3-1-2-4-11/h5-7,11H,1-4,8-9H2,(H2,16,19). The van der Waals surface area contributed by atoms with E-state index in [0.29, 0.717) is 17.1 Å². The first kappa shape index (κ1) is 15.9. The van der Waals surface area contributed by atoms with Crippen molar-refractivity contribution in [3.8, 4) is 0 Å². The molecule has 0 unspecified atom stereocenters. The number of nitro benzene ring substituents is 1. The molecule has 1 saturated carbocycles. The average Bonchev–Trinajstić information content (AvgIpc) is 2.93. The highest BCUT2D eigenvalue weighted by Gasteiger charge is 2.24. The Morgan fingerprint density at radius 3 is 2.67 bits per heavy atom. The smallest absolute Gasteiger partial charge is 0.283 e. The summed E-state index contributed by atoms with van der Waals surface area (Å²) in [6.07, 6.45) is 4.40. The minimum absolute atomic E-state index is 0.0398. The minimum atomic E-state index is -0.415. The number of halogens is 1. The number of rotatable bonds is 6. The van der Waals surface area contributed by atoms with Gasteiger partial charge in [-0.25, -0.2) is 0 Å². The zero-order valence-electron chi connectivity index (χ0n) is 11.6. The lowest BCUT2D eigenvalue weighted by atomic mass is 10.1. The van der Waals surface area contributed by atoms with Gasteiger partial charge in [-0.1, -0.05) is 18.9 Å². The lowest BCUT2D eigenvalue weighted by molar-refractivity contribution is -0.385. The molecule has 0 radical (unpaired) electrons. The molecule has 7 heteroatoms. The molecule has 1 aromatic rings. The Kier molecular flexibility index (Phi) is 5.30. The van der Waals surface area contributed by atoms with Gasteiger partial charge in [0.1, 0.15) is 0 Å². The SMILES string of the molecule is NC(=O)CN(Cc1ccc(Br)c([N+](=O)[O-])c1)C1CCCC1. The lowest BCUT2D eigenvalue weighted by Gasteiger charge is -2.27. The minimum Gasteiger partial charge on any atom is -0.369 e.